The Morgan fingerprint density at radius 2 is 2.11 bits per heavy atom. The van der Waals surface area contributed by atoms with Gasteiger partial charge in [0.25, 0.3) is 0 Å². The molecule has 0 radical (unpaired) electrons. The van der Waals surface area contributed by atoms with Crippen LogP contribution >= 0.6 is 15.9 Å². The third-order valence-electron chi connectivity index (χ3n) is 3.18. The molecular weight excluding hydrogens is 298 g/mol. The number of hydrogen-bond donors (Lipinski definition) is 2. The van der Waals surface area contributed by atoms with Crippen LogP contribution < -0.4 is 5.32 Å². The van der Waals surface area contributed by atoms with E-state index in [4.69, 9.17) is 5.11 Å². The lowest BCUT2D eigenvalue weighted by Gasteiger charge is -2.24. The van der Waals surface area contributed by atoms with Crippen molar-refractivity contribution in [3.05, 3.63) is 28.2 Å². The number of carboxylic acids is 1. The maximum atomic E-state index is 11.8. The van der Waals surface area contributed by atoms with Gasteiger partial charge < -0.3 is 10.4 Å². The fourth-order valence-corrected chi connectivity index (χ4v) is 2.32. The summed E-state index contributed by atoms with van der Waals surface area (Å²) >= 11 is 3.22. The number of hydrogen-bond acceptors (Lipinski definition) is 2. The molecule has 1 aliphatic carbocycles. The average Bonchev–Trinajstić information content (AvgIpc) is 2.26. The van der Waals surface area contributed by atoms with Gasteiger partial charge in [0.2, 0.25) is 5.91 Å². The van der Waals surface area contributed by atoms with Gasteiger partial charge in [0.1, 0.15) is 0 Å². The van der Waals surface area contributed by atoms with Crippen molar-refractivity contribution in [2.45, 2.75) is 25.7 Å². The second kappa shape index (κ2) is 5.52. The third-order valence-corrected chi connectivity index (χ3v) is 3.68. The zero-order chi connectivity index (χ0) is 13.1. The molecule has 2 rings (SSSR count). The number of carbonyl (C=O) groups excluding carboxylic acids is 1. The first-order valence-corrected chi connectivity index (χ1v) is 6.68. The Labute approximate surface area is 114 Å². The molecule has 0 atom stereocenters. The maximum absolute atomic E-state index is 11.8. The highest BCUT2D eigenvalue weighted by atomic mass is 79.9. The Balaban J connectivity index is 2.07. The largest absolute Gasteiger partial charge is 0.478 e. The predicted octanol–water partition coefficient (Wildman–Crippen LogP) is 3.28. The molecule has 18 heavy (non-hydrogen) atoms. The lowest BCUT2D eigenvalue weighted by molar-refractivity contribution is -0.117. The first kappa shape index (κ1) is 13.1. The second-order valence-corrected chi connectivity index (χ2v) is 5.46. The van der Waals surface area contributed by atoms with E-state index < -0.39 is 5.97 Å². The molecule has 96 valence electrons. The van der Waals surface area contributed by atoms with E-state index in [1.54, 1.807) is 12.1 Å². The molecule has 1 saturated carbocycles. The lowest BCUT2D eigenvalue weighted by Crippen LogP contribution is -2.21. The van der Waals surface area contributed by atoms with Gasteiger partial charge in [-0.25, -0.2) is 4.79 Å². The molecule has 0 bridgehead atoms. The van der Waals surface area contributed by atoms with Crippen molar-refractivity contribution in [1.82, 2.24) is 0 Å². The molecule has 4 nitrogen and oxygen atoms in total. The van der Waals surface area contributed by atoms with Crippen LogP contribution in [0, 0.1) is 5.92 Å². The number of carboxylic acid groups (broad SMARTS) is 1. The van der Waals surface area contributed by atoms with Gasteiger partial charge in [-0.2, -0.15) is 0 Å². The summed E-state index contributed by atoms with van der Waals surface area (Å²) in [4.78, 5) is 22.8. The van der Waals surface area contributed by atoms with Crippen LogP contribution in [0.15, 0.2) is 22.7 Å². The highest BCUT2D eigenvalue weighted by Crippen LogP contribution is 2.30. The van der Waals surface area contributed by atoms with Crippen molar-refractivity contribution in [3.63, 3.8) is 0 Å². The van der Waals surface area contributed by atoms with Crippen molar-refractivity contribution in [2.75, 3.05) is 5.32 Å². The molecule has 1 aromatic carbocycles. The monoisotopic (exact) mass is 311 g/mol. The highest BCUT2D eigenvalue weighted by molar-refractivity contribution is 9.10. The summed E-state index contributed by atoms with van der Waals surface area (Å²) in [5.74, 6) is -0.687. The van der Waals surface area contributed by atoms with Crippen LogP contribution in [0.3, 0.4) is 0 Å². The zero-order valence-corrected chi connectivity index (χ0v) is 11.4. The number of rotatable bonds is 4. The quantitative estimate of drug-likeness (QED) is 0.896. The van der Waals surface area contributed by atoms with Crippen LogP contribution in [0.25, 0.3) is 0 Å². The summed E-state index contributed by atoms with van der Waals surface area (Å²) in [5.41, 5.74) is 0.460. The molecule has 0 aliphatic heterocycles. The smallest absolute Gasteiger partial charge is 0.337 e. The summed E-state index contributed by atoms with van der Waals surface area (Å²) < 4.78 is 0.678. The van der Waals surface area contributed by atoms with Gasteiger partial charge >= 0.3 is 5.97 Å². The molecule has 0 aromatic heterocycles. The second-order valence-electron chi connectivity index (χ2n) is 4.54. The molecule has 0 unspecified atom stereocenters. The molecule has 1 aromatic rings. The van der Waals surface area contributed by atoms with E-state index in [0.29, 0.717) is 22.5 Å². The van der Waals surface area contributed by atoms with Crippen molar-refractivity contribution in [1.29, 1.82) is 0 Å². The predicted molar refractivity (Wildman–Crippen MR) is 71.7 cm³/mol. The van der Waals surface area contributed by atoms with Crippen molar-refractivity contribution in [3.8, 4) is 0 Å². The molecular formula is C13H14BrNO3. The number of amides is 1. The summed E-state index contributed by atoms with van der Waals surface area (Å²) in [6, 6.07) is 4.80. The summed E-state index contributed by atoms with van der Waals surface area (Å²) in [6.45, 7) is 0. The van der Waals surface area contributed by atoms with Gasteiger partial charge in [0, 0.05) is 10.9 Å². The Morgan fingerprint density at radius 3 is 2.67 bits per heavy atom. The van der Waals surface area contributed by atoms with Gasteiger partial charge in [-0.1, -0.05) is 22.4 Å². The Kier molecular flexibility index (Phi) is 4.01. The van der Waals surface area contributed by atoms with Crippen LogP contribution in [0.2, 0.25) is 0 Å². The number of carbonyl (C=O) groups is 2. The Hall–Kier alpha value is -1.36. The minimum atomic E-state index is -1.05. The summed E-state index contributed by atoms with van der Waals surface area (Å²) in [7, 11) is 0. The van der Waals surface area contributed by atoms with Gasteiger partial charge in [0.05, 0.1) is 11.3 Å². The molecule has 0 spiro atoms. The van der Waals surface area contributed by atoms with Crippen LogP contribution in [-0.2, 0) is 4.79 Å². The summed E-state index contributed by atoms with van der Waals surface area (Å²) in [6.07, 6.45) is 3.87. The van der Waals surface area contributed by atoms with E-state index in [1.165, 1.54) is 12.5 Å². The molecule has 0 saturated heterocycles. The first-order valence-electron chi connectivity index (χ1n) is 5.89. The van der Waals surface area contributed by atoms with Crippen molar-refractivity contribution >= 4 is 33.5 Å². The molecule has 1 amide bonds. The van der Waals surface area contributed by atoms with Crippen LogP contribution in [0.1, 0.15) is 36.0 Å². The zero-order valence-electron chi connectivity index (χ0n) is 9.78. The number of aromatic carboxylic acids is 1. The molecule has 1 fully saturated rings. The Bertz CT molecular complexity index is 483. The van der Waals surface area contributed by atoms with E-state index in [2.05, 4.69) is 21.2 Å². The molecule has 0 heterocycles. The van der Waals surface area contributed by atoms with Gasteiger partial charge in [-0.05, 0) is 37.0 Å². The van der Waals surface area contributed by atoms with Crippen LogP contribution in [-0.4, -0.2) is 17.0 Å². The number of anilines is 1. The Morgan fingerprint density at radius 1 is 1.39 bits per heavy atom. The van der Waals surface area contributed by atoms with Gasteiger partial charge in [-0.3, -0.25) is 4.79 Å². The van der Waals surface area contributed by atoms with E-state index in [1.807, 2.05) is 0 Å². The average molecular weight is 312 g/mol. The lowest BCUT2D eigenvalue weighted by atomic mass is 9.83. The van der Waals surface area contributed by atoms with E-state index >= 15 is 0 Å². The minimum absolute atomic E-state index is 0.103. The topological polar surface area (TPSA) is 66.4 Å². The molecule has 1 aliphatic rings. The van der Waals surface area contributed by atoms with Crippen molar-refractivity contribution in [2.24, 2.45) is 5.92 Å². The van der Waals surface area contributed by atoms with Crippen LogP contribution in [0.5, 0.6) is 0 Å². The fourth-order valence-electron chi connectivity index (χ4n) is 1.96. The van der Waals surface area contributed by atoms with Gasteiger partial charge in [-0.15, -0.1) is 0 Å². The van der Waals surface area contributed by atoms with Crippen LogP contribution in [0.4, 0.5) is 5.69 Å². The standard InChI is InChI=1S/C13H14BrNO3/c14-9-4-5-11(10(7-9)13(17)18)15-12(16)6-8-2-1-3-8/h4-5,7-8H,1-3,6H2,(H,15,16)(H,17,18). The van der Waals surface area contributed by atoms with E-state index in [0.717, 1.165) is 12.8 Å². The molecule has 5 heteroatoms. The maximum Gasteiger partial charge on any atom is 0.337 e. The molecule has 2 N–H and O–H groups in total. The van der Waals surface area contributed by atoms with E-state index in [9.17, 15) is 9.59 Å². The number of halogens is 1. The SMILES string of the molecule is O=C(CC1CCC1)Nc1ccc(Br)cc1C(=O)O. The number of nitrogens with one attached hydrogen (secondary N) is 1. The minimum Gasteiger partial charge on any atom is -0.478 e. The highest BCUT2D eigenvalue weighted by Gasteiger charge is 2.21. The first-order chi connectivity index (χ1) is 8.56. The number of benzene rings is 1. The summed E-state index contributed by atoms with van der Waals surface area (Å²) in [5, 5.41) is 11.7. The van der Waals surface area contributed by atoms with Crippen molar-refractivity contribution < 1.29 is 14.7 Å². The normalized spacial score (nSPS) is 14.9. The third kappa shape index (κ3) is 3.10. The fraction of sp³-hybridized carbons (Fsp3) is 0.385. The van der Waals surface area contributed by atoms with Gasteiger partial charge in [0.15, 0.2) is 0 Å². The van der Waals surface area contributed by atoms with E-state index in [-0.39, 0.29) is 11.5 Å².